The number of terminal acetylenes is 1. The monoisotopic (exact) mass is 140 g/mol. The van der Waals surface area contributed by atoms with E-state index in [2.05, 4.69) is 12.8 Å². The van der Waals surface area contributed by atoms with E-state index in [0.29, 0.717) is 0 Å². The van der Waals surface area contributed by atoms with Gasteiger partial charge >= 0.3 is 0 Å². The first-order chi connectivity index (χ1) is 4.72. The van der Waals surface area contributed by atoms with Gasteiger partial charge in [-0.25, -0.2) is 0 Å². The van der Waals surface area contributed by atoms with E-state index in [1.165, 1.54) is 0 Å². The van der Waals surface area contributed by atoms with Crippen molar-refractivity contribution >= 4 is 0 Å². The van der Waals surface area contributed by atoms with E-state index < -0.39 is 0 Å². The minimum absolute atomic E-state index is 0.00606. The first-order valence-electron chi connectivity index (χ1n) is 3.86. The van der Waals surface area contributed by atoms with Crippen LogP contribution in [0.3, 0.4) is 0 Å². The highest BCUT2D eigenvalue weighted by Gasteiger charge is 2.09. The molecule has 0 spiro atoms. The van der Waals surface area contributed by atoms with Crippen molar-refractivity contribution in [2.45, 2.75) is 39.2 Å². The molecule has 0 aliphatic carbocycles. The summed E-state index contributed by atoms with van der Waals surface area (Å²) in [5.41, 5.74) is 0. The smallest absolute Gasteiger partial charge is 0.0674 e. The van der Waals surface area contributed by atoms with Crippen molar-refractivity contribution in [2.75, 3.05) is 0 Å². The Hall–Kier alpha value is -0.480. The van der Waals surface area contributed by atoms with E-state index >= 15 is 0 Å². The molecule has 1 nitrogen and oxygen atoms in total. The Labute approximate surface area is 63.5 Å². The molecular formula is C9H16O. The van der Waals surface area contributed by atoms with Gasteiger partial charge in [0.1, 0.15) is 0 Å². The van der Waals surface area contributed by atoms with Crippen LogP contribution in [-0.2, 0) is 0 Å². The molecule has 10 heavy (non-hydrogen) atoms. The lowest BCUT2D eigenvalue weighted by atomic mass is 10.0. The molecule has 0 aromatic heterocycles. The fourth-order valence-electron chi connectivity index (χ4n) is 0.774. The highest BCUT2D eigenvalue weighted by atomic mass is 16.3. The summed E-state index contributed by atoms with van der Waals surface area (Å²) in [6.45, 7) is 3.98. The topological polar surface area (TPSA) is 20.2 Å². The summed E-state index contributed by atoms with van der Waals surface area (Å²) in [5.74, 6) is 2.53. The largest absolute Gasteiger partial charge is 0.392 e. The first kappa shape index (κ1) is 9.52. The number of rotatable bonds is 4. The Balaban J connectivity index is 3.43. The van der Waals surface area contributed by atoms with Gasteiger partial charge < -0.3 is 5.11 Å². The third kappa shape index (κ3) is 3.53. The van der Waals surface area contributed by atoms with Crippen molar-refractivity contribution in [2.24, 2.45) is 5.92 Å². The second-order valence-corrected chi connectivity index (χ2v) is 2.66. The van der Waals surface area contributed by atoms with Crippen LogP contribution in [-0.4, -0.2) is 11.2 Å². The Morgan fingerprint density at radius 3 is 2.60 bits per heavy atom. The maximum atomic E-state index is 9.31. The molecule has 0 radical (unpaired) electrons. The lowest BCUT2D eigenvalue weighted by molar-refractivity contribution is 0.129. The van der Waals surface area contributed by atoms with Crippen LogP contribution >= 0.6 is 0 Å². The predicted octanol–water partition coefficient (Wildman–Crippen LogP) is 1.81. The lowest BCUT2D eigenvalue weighted by Crippen LogP contribution is -2.15. The SMILES string of the molecule is C#CC(C)C(O)CCCC. The van der Waals surface area contributed by atoms with Crippen LogP contribution in [0.1, 0.15) is 33.1 Å². The van der Waals surface area contributed by atoms with E-state index in [1.54, 1.807) is 0 Å². The molecule has 0 aromatic carbocycles. The third-order valence-electron chi connectivity index (χ3n) is 1.69. The summed E-state index contributed by atoms with van der Waals surface area (Å²) < 4.78 is 0. The number of aliphatic hydroxyl groups excluding tert-OH is 1. The molecule has 0 bridgehead atoms. The zero-order valence-corrected chi connectivity index (χ0v) is 6.80. The molecule has 58 valence electrons. The van der Waals surface area contributed by atoms with E-state index in [-0.39, 0.29) is 12.0 Å². The van der Waals surface area contributed by atoms with Crippen LogP contribution in [0.25, 0.3) is 0 Å². The Morgan fingerprint density at radius 1 is 1.60 bits per heavy atom. The molecule has 0 heterocycles. The van der Waals surface area contributed by atoms with Crippen LogP contribution in [0.4, 0.5) is 0 Å². The van der Waals surface area contributed by atoms with Crippen molar-refractivity contribution in [3.05, 3.63) is 0 Å². The second kappa shape index (κ2) is 5.32. The molecule has 0 saturated heterocycles. The van der Waals surface area contributed by atoms with E-state index in [0.717, 1.165) is 19.3 Å². The van der Waals surface area contributed by atoms with Crippen LogP contribution in [0.5, 0.6) is 0 Å². The average molecular weight is 140 g/mol. The molecule has 0 amide bonds. The maximum Gasteiger partial charge on any atom is 0.0674 e. The van der Waals surface area contributed by atoms with Crippen LogP contribution in [0.15, 0.2) is 0 Å². The van der Waals surface area contributed by atoms with Crippen molar-refractivity contribution in [1.29, 1.82) is 0 Å². The van der Waals surface area contributed by atoms with E-state index in [1.807, 2.05) is 6.92 Å². The van der Waals surface area contributed by atoms with Crippen molar-refractivity contribution in [3.8, 4) is 12.3 Å². The zero-order valence-electron chi connectivity index (χ0n) is 6.80. The zero-order chi connectivity index (χ0) is 7.98. The third-order valence-corrected chi connectivity index (χ3v) is 1.69. The molecule has 1 heteroatoms. The summed E-state index contributed by atoms with van der Waals surface area (Å²) in [4.78, 5) is 0. The minimum Gasteiger partial charge on any atom is -0.392 e. The Bertz CT molecular complexity index is 112. The normalized spacial score (nSPS) is 15.8. The minimum atomic E-state index is -0.301. The van der Waals surface area contributed by atoms with Gasteiger partial charge in [-0.1, -0.05) is 19.8 Å². The molecule has 1 N–H and O–H groups in total. The van der Waals surface area contributed by atoms with Crippen molar-refractivity contribution in [3.63, 3.8) is 0 Å². The van der Waals surface area contributed by atoms with Crippen LogP contribution < -0.4 is 0 Å². The molecule has 2 atom stereocenters. The molecule has 0 aliphatic rings. The fraction of sp³-hybridized carbons (Fsp3) is 0.778. The standard InChI is InChI=1S/C9H16O/c1-4-6-7-9(10)8(3)5-2/h2,8-10H,4,6-7H2,1,3H3. The van der Waals surface area contributed by atoms with E-state index in [4.69, 9.17) is 6.42 Å². The van der Waals surface area contributed by atoms with Crippen LogP contribution in [0.2, 0.25) is 0 Å². The molecule has 2 unspecified atom stereocenters. The first-order valence-corrected chi connectivity index (χ1v) is 3.86. The quantitative estimate of drug-likeness (QED) is 0.590. The molecule has 0 aromatic rings. The Morgan fingerprint density at radius 2 is 2.20 bits per heavy atom. The molecule has 0 aliphatic heterocycles. The number of hydrogen-bond donors (Lipinski definition) is 1. The predicted molar refractivity (Wildman–Crippen MR) is 43.5 cm³/mol. The average Bonchev–Trinajstić information content (AvgIpc) is 1.98. The molecular weight excluding hydrogens is 124 g/mol. The summed E-state index contributed by atoms with van der Waals surface area (Å²) in [7, 11) is 0. The van der Waals surface area contributed by atoms with Gasteiger partial charge in [-0.15, -0.1) is 12.3 Å². The second-order valence-electron chi connectivity index (χ2n) is 2.66. The maximum absolute atomic E-state index is 9.31. The summed E-state index contributed by atoms with van der Waals surface area (Å²) in [6.07, 6.45) is 7.85. The number of aliphatic hydroxyl groups is 1. The van der Waals surface area contributed by atoms with Crippen molar-refractivity contribution < 1.29 is 5.11 Å². The van der Waals surface area contributed by atoms with Gasteiger partial charge in [0.05, 0.1) is 6.10 Å². The summed E-state index contributed by atoms with van der Waals surface area (Å²) in [6, 6.07) is 0. The Kier molecular flexibility index (Phi) is 5.06. The van der Waals surface area contributed by atoms with Crippen LogP contribution in [0, 0.1) is 18.3 Å². The fourth-order valence-corrected chi connectivity index (χ4v) is 0.774. The van der Waals surface area contributed by atoms with Gasteiger partial charge in [0.25, 0.3) is 0 Å². The van der Waals surface area contributed by atoms with Gasteiger partial charge in [-0.2, -0.15) is 0 Å². The summed E-state index contributed by atoms with van der Waals surface area (Å²) >= 11 is 0. The van der Waals surface area contributed by atoms with Crippen molar-refractivity contribution in [1.82, 2.24) is 0 Å². The van der Waals surface area contributed by atoms with E-state index in [9.17, 15) is 5.11 Å². The highest BCUT2D eigenvalue weighted by molar-refractivity contribution is 4.93. The number of hydrogen-bond acceptors (Lipinski definition) is 1. The van der Waals surface area contributed by atoms with Gasteiger partial charge in [0, 0.05) is 5.92 Å². The van der Waals surface area contributed by atoms with Gasteiger partial charge in [0.2, 0.25) is 0 Å². The van der Waals surface area contributed by atoms with Gasteiger partial charge in [-0.3, -0.25) is 0 Å². The van der Waals surface area contributed by atoms with Gasteiger partial charge in [0.15, 0.2) is 0 Å². The number of unbranched alkanes of at least 4 members (excludes halogenated alkanes) is 1. The molecule has 0 rings (SSSR count). The lowest BCUT2D eigenvalue weighted by Gasteiger charge is -2.11. The molecule has 0 fully saturated rings. The summed E-state index contributed by atoms with van der Waals surface area (Å²) in [5, 5.41) is 9.31. The van der Waals surface area contributed by atoms with Gasteiger partial charge in [-0.05, 0) is 13.3 Å². The molecule has 0 saturated carbocycles. The highest BCUT2D eigenvalue weighted by Crippen LogP contribution is 2.08.